The van der Waals surface area contributed by atoms with Crippen molar-refractivity contribution in [1.29, 1.82) is 0 Å². The Labute approximate surface area is 130 Å². The number of hydrogen-bond acceptors (Lipinski definition) is 1. The molecule has 1 aromatic rings. The molecule has 2 rings (SSSR count). The molecule has 1 aromatic carbocycles. The van der Waals surface area contributed by atoms with E-state index >= 15 is 0 Å². The van der Waals surface area contributed by atoms with E-state index in [1.54, 1.807) is 0 Å². The van der Waals surface area contributed by atoms with Crippen LogP contribution in [0.4, 0.5) is 0 Å². The number of nitrogens with zero attached hydrogens (tertiary/aromatic N) is 1. The van der Waals surface area contributed by atoms with Crippen LogP contribution in [0.1, 0.15) is 45.6 Å². The van der Waals surface area contributed by atoms with Gasteiger partial charge in [-0.25, -0.2) is 0 Å². The van der Waals surface area contributed by atoms with Crippen LogP contribution < -0.4 is 0 Å². The minimum absolute atomic E-state index is 0.298. The van der Waals surface area contributed by atoms with E-state index in [1.165, 1.54) is 5.56 Å². The van der Waals surface area contributed by atoms with Crippen LogP contribution in [0.25, 0.3) is 0 Å². The molecule has 1 unspecified atom stereocenters. The second-order valence-corrected chi connectivity index (χ2v) is 7.75. The number of benzene rings is 1. The van der Waals surface area contributed by atoms with Crippen molar-refractivity contribution in [2.24, 2.45) is 11.3 Å². The fraction of sp³-hybridized carbons (Fsp3) is 0.588. The van der Waals surface area contributed by atoms with E-state index in [0.717, 1.165) is 30.4 Å². The van der Waals surface area contributed by atoms with Crippen molar-refractivity contribution < 1.29 is 4.79 Å². The molecule has 1 atom stereocenters. The lowest BCUT2D eigenvalue weighted by molar-refractivity contribution is -0.131. The Kier molecular flexibility index (Phi) is 4.90. The Balaban J connectivity index is 2.04. The number of halogens is 1. The van der Waals surface area contributed by atoms with Gasteiger partial charge in [0.15, 0.2) is 0 Å². The van der Waals surface area contributed by atoms with E-state index in [-0.39, 0.29) is 0 Å². The highest BCUT2D eigenvalue weighted by Gasteiger charge is 2.29. The van der Waals surface area contributed by atoms with E-state index in [1.807, 2.05) is 17.0 Å². The number of carbonyl (C=O) groups is 1. The van der Waals surface area contributed by atoms with Crippen molar-refractivity contribution >= 4 is 21.8 Å². The molecule has 1 aliphatic rings. The van der Waals surface area contributed by atoms with Gasteiger partial charge in [-0.2, -0.15) is 0 Å². The first-order chi connectivity index (χ1) is 9.36. The maximum absolute atomic E-state index is 12.3. The van der Waals surface area contributed by atoms with Gasteiger partial charge in [-0.1, -0.05) is 48.8 Å². The smallest absolute Gasteiger partial charge is 0.222 e. The predicted molar refractivity (Wildman–Crippen MR) is 86.4 cm³/mol. The van der Waals surface area contributed by atoms with Gasteiger partial charge in [0.2, 0.25) is 5.91 Å². The van der Waals surface area contributed by atoms with Gasteiger partial charge in [-0.3, -0.25) is 4.79 Å². The van der Waals surface area contributed by atoms with E-state index in [9.17, 15) is 4.79 Å². The molecule has 0 saturated carbocycles. The second kappa shape index (κ2) is 6.30. The first-order valence-corrected chi connectivity index (χ1v) is 8.18. The van der Waals surface area contributed by atoms with Gasteiger partial charge in [0, 0.05) is 24.0 Å². The number of likely N-dealkylation sites (tertiary alicyclic amines) is 1. The topological polar surface area (TPSA) is 20.3 Å². The summed E-state index contributed by atoms with van der Waals surface area (Å²) in [6, 6.07) is 8.23. The predicted octanol–water partition coefficient (Wildman–Crippen LogP) is 4.62. The average Bonchev–Trinajstić information content (AvgIpc) is 2.52. The van der Waals surface area contributed by atoms with Crippen LogP contribution in [-0.2, 0) is 11.3 Å². The summed E-state index contributed by atoms with van der Waals surface area (Å²) in [5.41, 5.74) is 1.49. The average molecular weight is 338 g/mol. The normalized spacial score (nSPS) is 20.9. The van der Waals surface area contributed by atoms with E-state index in [0.29, 0.717) is 23.7 Å². The molecule has 1 heterocycles. The Hall–Kier alpha value is -0.830. The molecule has 1 aliphatic heterocycles. The monoisotopic (exact) mass is 337 g/mol. The summed E-state index contributed by atoms with van der Waals surface area (Å²) < 4.78 is 1.07. The summed E-state index contributed by atoms with van der Waals surface area (Å²) in [4.78, 5) is 14.3. The number of hydrogen-bond donors (Lipinski definition) is 0. The molecule has 110 valence electrons. The fourth-order valence-electron chi connectivity index (χ4n) is 2.93. The van der Waals surface area contributed by atoms with Crippen LogP contribution in [0.2, 0.25) is 0 Å². The lowest BCUT2D eigenvalue weighted by atomic mass is 9.77. The standard InChI is InChI=1S/C17H24BrNO/c1-17(2,3)14-7-8-16(20)19(10-9-14)12-13-5-4-6-15(18)11-13/h4-6,11,14H,7-10,12H2,1-3H3. The molecule has 1 fully saturated rings. The Morgan fingerprint density at radius 3 is 2.70 bits per heavy atom. The minimum atomic E-state index is 0.298. The van der Waals surface area contributed by atoms with Crippen LogP contribution >= 0.6 is 15.9 Å². The fourth-order valence-corrected chi connectivity index (χ4v) is 3.37. The van der Waals surface area contributed by atoms with Gasteiger partial charge in [0.05, 0.1) is 0 Å². The third kappa shape index (κ3) is 4.08. The van der Waals surface area contributed by atoms with Gasteiger partial charge in [-0.15, -0.1) is 0 Å². The van der Waals surface area contributed by atoms with Crippen molar-refractivity contribution in [3.8, 4) is 0 Å². The zero-order chi connectivity index (χ0) is 14.8. The highest BCUT2D eigenvalue weighted by molar-refractivity contribution is 9.10. The third-order valence-electron chi connectivity index (χ3n) is 4.29. The molecule has 0 radical (unpaired) electrons. The molecule has 3 heteroatoms. The zero-order valence-electron chi connectivity index (χ0n) is 12.7. The van der Waals surface area contributed by atoms with Crippen molar-refractivity contribution in [3.05, 3.63) is 34.3 Å². The van der Waals surface area contributed by atoms with Crippen molar-refractivity contribution in [3.63, 3.8) is 0 Å². The summed E-state index contributed by atoms with van der Waals surface area (Å²) in [6.45, 7) is 8.47. The van der Waals surface area contributed by atoms with Gasteiger partial charge in [-0.05, 0) is 41.9 Å². The molecule has 0 spiro atoms. The lowest BCUT2D eigenvalue weighted by Gasteiger charge is -2.29. The molecule has 2 nitrogen and oxygen atoms in total. The Morgan fingerprint density at radius 2 is 2.05 bits per heavy atom. The molecule has 0 aromatic heterocycles. The Morgan fingerprint density at radius 1 is 1.30 bits per heavy atom. The maximum atomic E-state index is 12.3. The second-order valence-electron chi connectivity index (χ2n) is 6.84. The maximum Gasteiger partial charge on any atom is 0.222 e. The van der Waals surface area contributed by atoms with Crippen LogP contribution in [0.5, 0.6) is 0 Å². The Bertz CT molecular complexity index is 478. The molecule has 1 saturated heterocycles. The third-order valence-corrected chi connectivity index (χ3v) is 4.79. The highest BCUT2D eigenvalue weighted by atomic mass is 79.9. The minimum Gasteiger partial charge on any atom is -0.338 e. The molecule has 0 bridgehead atoms. The highest BCUT2D eigenvalue weighted by Crippen LogP contribution is 2.34. The van der Waals surface area contributed by atoms with Crippen LogP contribution in [0, 0.1) is 11.3 Å². The van der Waals surface area contributed by atoms with E-state index < -0.39 is 0 Å². The van der Waals surface area contributed by atoms with Gasteiger partial charge in [0.25, 0.3) is 0 Å². The van der Waals surface area contributed by atoms with Gasteiger partial charge < -0.3 is 4.90 Å². The van der Waals surface area contributed by atoms with Crippen LogP contribution in [0.15, 0.2) is 28.7 Å². The number of amides is 1. The lowest BCUT2D eigenvalue weighted by Crippen LogP contribution is -2.30. The molecule has 20 heavy (non-hydrogen) atoms. The summed E-state index contributed by atoms with van der Waals surface area (Å²) in [5, 5.41) is 0. The summed E-state index contributed by atoms with van der Waals surface area (Å²) in [6.07, 6.45) is 2.83. The van der Waals surface area contributed by atoms with Crippen molar-refractivity contribution in [2.75, 3.05) is 6.54 Å². The van der Waals surface area contributed by atoms with Crippen molar-refractivity contribution in [1.82, 2.24) is 4.90 Å². The van der Waals surface area contributed by atoms with E-state index in [4.69, 9.17) is 0 Å². The molecular formula is C17H24BrNO. The SMILES string of the molecule is CC(C)(C)C1CCC(=O)N(Cc2cccc(Br)c2)CC1. The zero-order valence-corrected chi connectivity index (χ0v) is 14.2. The molecule has 0 N–H and O–H groups in total. The van der Waals surface area contributed by atoms with E-state index in [2.05, 4.69) is 48.8 Å². The van der Waals surface area contributed by atoms with Crippen LogP contribution in [0.3, 0.4) is 0 Å². The summed E-state index contributed by atoms with van der Waals surface area (Å²) in [5.74, 6) is 0.940. The molecule has 0 aliphatic carbocycles. The number of rotatable bonds is 2. The van der Waals surface area contributed by atoms with Gasteiger partial charge in [0.1, 0.15) is 0 Å². The summed E-state index contributed by atoms with van der Waals surface area (Å²) in [7, 11) is 0. The van der Waals surface area contributed by atoms with Crippen LogP contribution in [-0.4, -0.2) is 17.4 Å². The first kappa shape index (κ1) is 15.6. The van der Waals surface area contributed by atoms with Crippen molar-refractivity contribution in [2.45, 2.75) is 46.6 Å². The van der Waals surface area contributed by atoms with Gasteiger partial charge >= 0.3 is 0 Å². The molecule has 1 amide bonds. The first-order valence-electron chi connectivity index (χ1n) is 7.38. The number of carbonyl (C=O) groups excluding carboxylic acids is 1. The quantitative estimate of drug-likeness (QED) is 0.770. The largest absolute Gasteiger partial charge is 0.338 e. The summed E-state index contributed by atoms with van der Waals surface area (Å²) >= 11 is 3.49. The molecular weight excluding hydrogens is 314 g/mol.